The van der Waals surface area contributed by atoms with Gasteiger partial charge in [-0.15, -0.1) is 0 Å². The molecule has 1 aliphatic heterocycles. The second-order valence-corrected chi connectivity index (χ2v) is 4.64. The van der Waals surface area contributed by atoms with Gasteiger partial charge < -0.3 is 9.47 Å². The van der Waals surface area contributed by atoms with Gasteiger partial charge in [-0.05, 0) is 27.7 Å². The molecule has 0 spiro atoms. The molecule has 1 heterocycles. The number of rotatable bonds is 1. The van der Waals surface area contributed by atoms with E-state index in [-0.39, 0.29) is 11.7 Å². The second-order valence-electron chi connectivity index (χ2n) is 4.64. The predicted molar refractivity (Wildman–Crippen MR) is 49.0 cm³/mol. The minimum Gasteiger partial charge on any atom is -0.344 e. The van der Waals surface area contributed by atoms with E-state index in [0.29, 0.717) is 5.92 Å². The first-order chi connectivity index (χ1) is 5.28. The lowest BCUT2D eigenvalue weighted by Crippen LogP contribution is -2.35. The molecule has 1 aliphatic rings. The van der Waals surface area contributed by atoms with Crippen LogP contribution in [0.5, 0.6) is 0 Å². The quantitative estimate of drug-likeness (QED) is 0.605. The minimum absolute atomic E-state index is 0.154. The third-order valence-electron chi connectivity index (χ3n) is 2.90. The van der Waals surface area contributed by atoms with Crippen molar-refractivity contribution >= 4 is 0 Å². The highest BCUT2D eigenvalue weighted by Gasteiger charge is 2.48. The lowest BCUT2D eigenvalue weighted by Gasteiger charge is -2.29. The Balaban J connectivity index is 2.78. The summed E-state index contributed by atoms with van der Waals surface area (Å²) in [4.78, 5) is 0. The molecule has 1 saturated heterocycles. The first-order valence-corrected chi connectivity index (χ1v) is 4.66. The fourth-order valence-corrected chi connectivity index (χ4v) is 1.38. The van der Waals surface area contributed by atoms with Crippen LogP contribution < -0.4 is 0 Å². The largest absolute Gasteiger partial charge is 0.344 e. The highest BCUT2D eigenvalue weighted by molar-refractivity contribution is 4.89. The molecule has 0 saturated carbocycles. The lowest BCUT2D eigenvalue weighted by molar-refractivity contribution is -0.199. The van der Waals surface area contributed by atoms with Crippen LogP contribution in [0.2, 0.25) is 0 Å². The Morgan fingerprint density at radius 1 is 1.17 bits per heavy atom. The van der Waals surface area contributed by atoms with Crippen molar-refractivity contribution in [3.63, 3.8) is 0 Å². The Labute approximate surface area is 75.2 Å². The smallest absolute Gasteiger partial charge is 0.169 e. The summed E-state index contributed by atoms with van der Waals surface area (Å²) in [6.45, 7) is 12.5. The highest BCUT2D eigenvalue weighted by Crippen LogP contribution is 2.39. The van der Waals surface area contributed by atoms with E-state index in [1.165, 1.54) is 0 Å². The molecule has 0 bridgehead atoms. The van der Waals surface area contributed by atoms with E-state index in [4.69, 9.17) is 9.47 Å². The Kier molecular flexibility index (Phi) is 2.26. The van der Waals surface area contributed by atoms with Gasteiger partial charge in [-0.3, -0.25) is 0 Å². The first kappa shape index (κ1) is 10.0. The molecule has 0 aromatic rings. The summed E-state index contributed by atoms with van der Waals surface area (Å²) in [6.07, 6.45) is 0.171. The number of hydrogen-bond acceptors (Lipinski definition) is 2. The zero-order chi connectivity index (χ0) is 9.57. The van der Waals surface area contributed by atoms with Crippen molar-refractivity contribution in [1.29, 1.82) is 0 Å². The molecule has 0 radical (unpaired) electrons. The highest BCUT2D eigenvalue weighted by atomic mass is 16.8. The molecule has 0 amide bonds. The van der Waals surface area contributed by atoms with Crippen LogP contribution in [0.4, 0.5) is 0 Å². The van der Waals surface area contributed by atoms with E-state index in [9.17, 15) is 0 Å². The molecule has 12 heavy (non-hydrogen) atoms. The maximum Gasteiger partial charge on any atom is 0.169 e. The minimum atomic E-state index is -0.400. The zero-order valence-electron chi connectivity index (χ0n) is 8.97. The Hall–Kier alpha value is -0.0800. The Morgan fingerprint density at radius 2 is 1.67 bits per heavy atom. The van der Waals surface area contributed by atoms with Gasteiger partial charge in [0.05, 0.1) is 11.7 Å². The van der Waals surface area contributed by atoms with Gasteiger partial charge in [-0.1, -0.05) is 13.8 Å². The summed E-state index contributed by atoms with van der Waals surface area (Å²) in [5.41, 5.74) is -0.154. The molecule has 2 atom stereocenters. The SMILES string of the molecule is CC1OC(C)(C(C)C)OC1(C)C. The van der Waals surface area contributed by atoms with E-state index in [1.54, 1.807) is 0 Å². The van der Waals surface area contributed by atoms with E-state index in [0.717, 1.165) is 0 Å². The van der Waals surface area contributed by atoms with Crippen LogP contribution >= 0.6 is 0 Å². The molecule has 0 aliphatic carbocycles. The maximum atomic E-state index is 5.89. The van der Waals surface area contributed by atoms with E-state index in [2.05, 4.69) is 34.6 Å². The molecule has 1 fully saturated rings. The van der Waals surface area contributed by atoms with Gasteiger partial charge in [0.1, 0.15) is 0 Å². The molecular weight excluding hydrogens is 152 g/mol. The average molecular weight is 172 g/mol. The first-order valence-electron chi connectivity index (χ1n) is 4.66. The maximum absolute atomic E-state index is 5.89. The summed E-state index contributed by atoms with van der Waals surface area (Å²) in [5, 5.41) is 0. The second kappa shape index (κ2) is 2.71. The molecule has 1 rings (SSSR count). The predicted octanol–water partition coefficient (Wildman–Crippen LogP) is 2.57. The molecule has 72 valence electrons. The van der Waals surface area contributed by atoms with Crippen LogP contribution in [0.15, 0.2) is 0 Å². The summed E-state index contributed by atoms with van der Waals surface area (Å²) in [7, 11) is 0. The fourth-order valence-electron chi connectivity index (χ4n) is 1.38. The summed E-state index contributed by atoms with van der Waals surface area (Å²) >= 11 is 0. The number of hydrogen-bond donors (Lipinski definition) is 0. The molecule has 2 nitrogen and oxygen atoms in total. The van der Waals surface area contributed by atoms with Crippen LogP contribution in [0.3, 0.4) is 0 Å². The van der Waals surface area contributed by atoms with Gasteiger partial charge in [-0.2, -0.15) is 0 Å². The van der Waals surface area contributed by atoms with Crippen molar-refractivity contribution < 1.29 is 9.47 Å². The van der Waals surface area contributed by atoms with Crippen LogP contribution in [0, 0.1) is 5.92 Å². The van der Waals surface area contributed by atoms with E-state index >= 15 is 0 Å². The zero-order valence-corrected chi connectivity index (χ0v) is 8.97. The van der Waals surface area contributed by atoms with Crippen LogP contribution in [-0.4, -0.2) is 17.5 Å². The third kappa shape index (κ3) is 1.50. The van der Waals surface area contributed by atoms with E-state index in [1.807, 2.05) is 6.92 Å². The molecule has 0 aromatic carbocycles. The summed E-state index contributed by atoms with van der Waals surface area (Å²) in [5.74, 6) is -0.00940. The van der Waals surface area contributed by atoms with Gasteiger partial charge in [0.25, 0.3) is 0 Å². The molecular formula is C10H20O2. The molecule has 0 aromatic heterocycles. The lowest BCUT2D eigenvalue weighted by atomic mass is 10.0. The Bertz CT molecular complexity index is 175. The molecule has 2 unspecified atom stereocenters. The van der Waals surface area contributed by atoms with Crippen molar-refractivity contribution in [1.82, 2.24) is 0 Å². The average Bonchev–Trinajstić information content (AvgIpc) is 2.03. The fraction of sp³-hybridized carbons (Fsp3) is 1.00. The van der Waals surface area contributed by atoms with Crippen LogP contribution in [-0.2, 0) is 9.47 Å². The van der Waals surface area contributed by atoms with Crippen molar-refractivity contribution in [2.24, 2.45) is 5.92 Å². The Morgan fingerprint density at radius 3 is 1.83 bits per heavy atom. The molecule has 0 N–H and O–H groups in total. The van der Waals surface area contributed by atoms with Crippen molar-refractivity contribution in [2.75, 3.05) is 0 Å². The van der Waals surface area contributed by atoms with Crippen LogP contribution in [0.1, 0.15) is 41.5 Å². The van der Waals surface area contributed by atoms with Gasteiger partial charge in [0.15, 0.2) is 5.79 Å². The van der Waals surface area contributed by atoms with Gasteiger partial charge in [-0.25, -0.2) is 0 Å². The van der Waals surface area contributed by atoms with Gasteiger partial charge in [0, 0.05) is 5.92 Å². The normalized spacial score (nSPS) is 40.8. The number of ether oxygens (including phenoxy) is 2. The van der Waals surface area contributed by atoms with Crippen molar-refractivity contribution in [2.45, 2.75) is 59.0 Å². The third-order valence-corrected chi connectivity index (χ3v) is 2.90. The van der Waals surface area contributed by atoms with Crippen LogP contribution in [0.25, 0.3) is 0 Å². The topological polar surface area (TPSA) is 18.5 Å². The summed E-state index contributed by atoms with van der Waals surface area (Å²) in [6, 6.07) is 0. The standard InChI is InChI=1S/C10H20O2/c1-7(2)10(6)11-8(3)9(4,5)12-10/h7-8H,1-6H3. The summed E-state index contributed by atoms with van der Waals surface area (Å²) < 4.78 is 11.7. The van der Waals surface area contributed by atoms with Gasteiger partial charge >= 0.3 is 0 Å². The van der Waals surface area contributed by atoms with Gasteiger partial charge in [0.2, 0.25) is 0 Å². The van der Waals surface area contributed by atoms with Crippen molar-refractivity contribution in [3.05, 3.63) is 0 Å². The molecule has 2 heteroatoms. The van der Waals surface area contributed by atoms with Crippen molar-refractivity contribution in [3.8, 4) is 0 Å². The monoisotopic (exact) mass is 172 g/mol. The van der Waals surface area contributed by atoms with E-state index < -0.39 is 5.79 Å².